The van der Waals surface area contributed by atoms with E-state index in [0.717, 1.165) is 5.56 Å². The summed E-state index contributed by atoms with van der Waals surface area (Å²) in [5.74, 6) is -0.734. The van der Waals surface area contributed by atoms with Gasteiger partial charge in [-0.05, 0) is 36.8 Å². The molecule has 0 saturated heterocycles. The van der Waals surface area contributed by atoms with Crippen LogP contribution in [-0.4, -0.2) is 5.91 Å². The summed E-state index contributed by atoms with van der Waals surface area (Å²) >= 11 is 0. The molecule has 4 heteroatoms. The SMILES string of the molecule is Cc1cccc(N)c1C(=O)Nc1cccc(F)c1. The van der Waals surface area contributed by atoms with Crippen LogP contribution < -0.4 is 11.1 Å². The minimum atomic E-state index is -0.398. The van der Waals surface area contributed by atoms with Gasteiger partial charge in [-0.1, -0.05) is 18.2 Å². The molecule has 0 atom stereocenters. The van der Waals surface area contributed by atoms with Crippen LogP contribution in [0.15, 0.2) is 42.5 Å². The van der Waals surface area contributed by atoms with Crippen LogP contribution in [0.1, 0.15) is 15.9 Å². The van der Waals surface area contributed by atoms with Gasteiger partial charge in [-0.25, -0.2) is 4.39 Å². The second-order valence-corrected chi connectivity index (χ2v) is 4.00. The number of nitrogen functional groups attached to an aromatic ring is 1. The van der Waals surface area contributed by atoms with Crippen molar-refractivity contribution in [3.63, 3.8) is 0 Å². The Morgan fingerprint density at radius 3 is 2.61 bits per heavy atom. The van der Waals surface area contributed by atoms with E-state index in [9.17, 15) is 9.18 Å². The number of rotatable bonds is 2. The van der Waals surface area contributed by atoms with E-state index in [2.05, 4.69) is 5.32 Å². The number of hydrogen-bond donors (Lipinski definition) is 2. The summed E-state index contributed by atoms with van der Waals surface area (Å²) in [6, 6.07) is 11.0. The minimum absolute atomic E-state index is 0.337. The summed E-state index contributed by atoms with van der Waals surface area (Å²) < 4.78 is 13.0. The molecule has 0 saturated carbocycles. The normalized spacial score (nSPS) is 10.1. The quantitative estimate of drug-likeness (QED) is 0.798. The molecule has 0 radical (unpaired) electrons. The highest BCUT2D eigenvalue weighted by atomic mass is 19.1. The fraction of sp³-hybridized carbons (Fsp3) is 0.0714. The number of nitrogens with one attached hydrogen (secondary N) is 1. The fourth-order valence-corrected chi connectivity index (χ4v) is 1.76. The van der Waals surface area contributed by atoms with Crippen molar-refractivity contribution >= 4 is 17.3 Å². The molecule has 2 aromatic rings. The first kappa shape index (κ1) is 12.1. The van der Waals surface area contributed by atoms with Crippen molar-refractivity contribution in [1.82, 2.24) is 0 Å². The summed E-state index contributed by atoms with van der Waals surface area (Å²) in [5.41, 5.74) is 7.78. The van der Waals surface area contributed by atoms with E-state index in [-0.39, 0.29) is 5.91 Å². The lowest BCUT2D eigenvalue weighted by molar-refractivity contribution is 0.102. The first-order chi connectivity index (χ1) is 8.58. The van der Waals surface area contributed by atoms with E-state index < -0.39 is 5.82 Å². The zero-order chi connectivity index (χ0) is 13.1. The Labute approximate surface area is 104 Å². The smallest absolute Gasteiger partial charge is 0.258 e. The Bertz CT molecular complexity index is 576. The molecule has 3 N–H and O–H groups in total. The highest BCUT2D eigenvalue weighted by molar-refractivity contribution is 6.08. The van der Waals surface area contributed by atoms with Gasteiger partial charge in [-0.2, -0.15) is 0 Å². The Balaban J connectivity index is 2.28. The number of benzene rings is 2. The highest BCUT2D eigenvalue weighted by Crippen LogP contribution is 2.18. The molecule has 0 aliphatic rings. The second kappa shape index (κ2) is 4.87. The van der Waals surface area contributed by atoms with Crippen LogP contribution in [0.5, 0.6) is 0 Å². The average molecular weight is 244 g/mol. The minimum Gasteiger partial charge on any atom is -0.398 e. The van der Waals surface area contributed by atoms with Gasteiger partial charge in [0.25, 0.3) is 5.91 Å². The van der Waals surface area contributed by atoms with Gasteiger partial charge >= 0.3 is 0 Å². The maximum absolute atomic E-state index is 13.0. The van der Waals surface area contributed by atoms with Crippen LogP contribution in [0, 0.1) is 12.7 Å². The summed E-state index contributed by atoms with van der Waals surface area (Å²) in [4.78, 5) is 12.1. The molecular weight excluding hydrogens is 231 g/mol. The first-order valence-electron chi connectivity index (χ1n) is 5.50. The molecular formula is C14H13FN2O. The summed E-state index contributed by atoms with van der Waals surface area (Å²) in [6.45, 7) is 1.80. The van der Waals surface area contributed by atoms with Gasteiger partial charge < -0.3 is 11.1 Å². The van der Waals surface area contributed by atoms with Crippen molar-refractivity contribution in [2.24, 2.45) is 0 Å². The Morgan fingerprint density at radius 2 is 1.94 bits per heavy atom. The van der Waals surface area contributed by atoms with Crippen molar-refractivity contribution in [3.8, 4) is 0 Å². The Hall–Kier alpha value is -2.36. The van der Waals surface area contributed by atoms with Crippen LogP contribution in [0.4, 0.5) is 15.8 Å². The van der Waals surface area contributed by atoms with Crippen LogP contribution in [0.3, 0.4) is 0 Å². The zero-order valence-electron chi connectivity index (χ0n) is 9.91. The van der Waals surface area contributed by atoms with E-state index in [4.69, 9.17) is 5.73 Å². The first-order valence-corrected chi connectivity index (χ1v) is 5.50. The summed E-state index contributed by atoms with van der Waals surface area (Å²) in [7, 11) is 0. The molecule has 0 fully saturated rings. The lowest BCUT2D eigenvalue weighted by atomic mass is 10.1. The average Bonchev–Trinajstić information content (AvgIpc) is 2.28. The van der Waals surface area contributed by atoms with Crippen LogP contribution >= 0.6 is 0 Å². The van der Waals surface area contributed by atoms with Crippen molar-refractivity contribution < 1.29 is 9.18 Å². The lowest BCUT2D eigenvalue weighted by Crippen LogP contribution is -2.15. The van der Waals surface area contributed by atoms with Gasteiger partial charge in [0.15, 0.2) is 0 Å². The standard InChI is InChI=1S/C14H13FN2O/c1-9-4-2-7-12(16)13(9)14(18)17-11-6-3-5-10(15)8-11/h2-8H,16H2,1H3,(H,17,18). The zero-order valence-corrected chi connectivity index (χ0v) is 9.91. The van der Waals surface area contributed by atoms with Crippen molar-refractivity contribution in [2.75, 3.05) is 11.1 Å². The van der Waals surface area contributed by atoms with Crippen molar-refractivity contribution in [3.05, 3.63) is 59.4 Å². The maximum Gasteiger partial charge on any atom is 0.258 e. The maximum atomic E-state index is 13.0. The third-order valence-corrected chi connectivity index (χ3v) is 2.61. The third kappa shape index (κ3) is 2.48. The number of nitrogens with two attached hydrogens (primary N) is 1. The van der Waals surface area contributed by atoms with E-state index >= 15 is 0 Å². The van der Waals surface area contributed by atoms with Crippen LogP contribution in [-0.2, 0) is 0 Å². The molecule has 0 bridgehead atoms. The van der Waals surface area contributed by atoms with Crippen LogP contribution in [0.25, 0.3) is 0 Å². The van der Waals surface area contributed by atoms with E-state index in [1.807, 2.05) is 0 Å². The van der Waals surface area contributed by atoms with Gasteiger partial charge in [0.05, 0.1) is 5.56 Å². The molecule has 0 heterocycles. The monoisotopic (exact) mass is 244 g/mol. The molecule has 92 valence electrons. The predicted molar refractivity (Wildman–Crippen MR) is 69.9 cm³/mol. The molecule has 0 aliphatic carbocycles. The third-order valence-electron chi connectivity index (χ3n) is 2.61. The van der Waals surface area contributed by atoms with E-state index in [1.54, 1.807) is 31.2 Å². The van der Waals surface area contributed by atoms with Gasteiger partial charge in [0, 0.05) is 11.4 Å². The number of amides is 1. The van der Waals surface area contributed by atoms with Crippen molar-refractivity contribution in [1.29, 1.82) is 0 Å². The highest BCUT2D eigenvalue weighted by Gasteiger charge is 2.12. The molecule has 2 rings (SSSR count). The molecule has 0 spiro atoms. The molecule has 0 unspecified atom stereocenters. The van der Waals surface area contributed by atoms with Gasteiger partial charge in [-0.15, -0.1) is 0 Å². The van der Waals surface area contributed by atoms with Gasteiger partial charge in [0.2, 0.25) is 0 Å². The van der Waals surface area contributed by atoms with Crippen molar-refractivity contribution in [2.45, 2.75) is 6.92 Å². The number of carbonyl (C=O) groups is 1. The molecule has 0 aromatic heterocycles. The summed E-state index contributed by atoms with van der Waals surface area (Å²) in [5, 5.41) is 2.62. The number of aryl methyl sites for hydroxylation is 1. The van der Waals surface area contributed by atoms with Crippen LogP contribution in [0.2, 0.25) is 0 Å². The summed E-state index contributed by atoms with van der Waals surface area (Å²) in [6.07, 6.45) is 0. The van der Waals surface area contributed by atoms with E-state index in [1.165, 1.54) is 18.2 Å². The second-order valence-electron chi connectivity index (χ2n) is 4.00. The number of hydrogen-bond acceptors (Lipinski definition) is 2. The van der Waals surface area contributed by atoms with Gasteiger partial charge in [0.1, 0.15) is 5.82 Å². The fourth-order valence-electron chi connectivity index (χ4n) is 1.76. The Kier molecular flexibility index (Phi) is 3.28. The molecule has 18 heavy (non-hydrogen) atoms. The largest absolute Gasteiger partial charge is 0.398 e. The Morgan fingerprint density at radius 1 is 1.22 bits per heavy atom. The number of carbonyl (C=O) groups excluding carboxylic acids is 1. The molecule has 2 aromatic carbocycles. The predicted octanol–water partition coefficient (Wildman–Crippen LogP) is 2.97. The topological polar surface area (TPSA) is 55.1 Å². The van der Waals surface area contributed by atoms with E-state index in [0.29, 0.717) is 16.9 Å². The molecule has 0 aliphatic heterocycles. The number of anilines is 2. The molecule has 3 nitrogen and oxygen atoms in total. The lowest BCUT2D eigenvalue weighted by Gasteiger charge is -2.10. The molecule has 1 amide bonds. The number of halogens is 1. The van der Waals surface area contributed by atoms with Gasteiger partial charge in [-0.3, -0.25) is 4.79 Å².